The lowest BCUT2D eigenvalue weighted by atomic mass is 10.2. The van der Waals surface area contributed by atoms with E-state index in [2.05, 4.69) is 4.99 Å². The zero-order chi connectivity index (χ0) is 14.4. The Bertz CT molecular complexity index is 616. The molecule has 0 amide bonds. The highest BCUT2D eigenvalue weighted by molar-refractivity contribution is 6.28. The fraction of sp³-hybridized carbons (Fsp3) is 0.133. The summed E-state index contributed by atoms with van der Waals surface area (Å²) in [6.45, 7) is 0.288. The molecule has 3 nitrogen and oxygen atoms in total. The summed E-state index contributed by atoms with van der Waals surface area (Å²) in [4.78, 5) is 4.13. The van der Waals surface area contributed by atoms with Crippen LogP contribution >= 0.6 is 11.6 Å². The van der Waals surface area contributed by atoms with Crippen molar-refractivity contribution in [2.45, 2.75) is 6.61 Å². The van der Waals surface area contributed by atoms with Crippen LogP contribution in [0.4, 0.5) is 10.1 Å². The molecule has 0 bridgehead atoms. The fourth-order valence-corrected chi connectivity index (χ4v) is 1.69. The number of ether oxygens (including phenoxy) is 1. The lowest BCUT2D eigenvalue weighted by Gasteiger charge is -2.07. The van der Waals surface area contributed by atoms with Gasteiger partial charge in [-0.15, -0.1) is 11.6 Å². The van der Waals surface area contributed by atoms with Gasteiger partial charge in [-0.3, -0.25) is 0 Å². The molecule has 0 radical (unpaired) electrons. The molecule has 0 fully saturated rings. The molecule has 0 unspecified atom stereocenters. The molecule has 2 N–H and O–H groups in total. The van der Waals surface area contributed by atoms with Crippen molar-refractivity contribution >= 4 is 23.1 Å². The van der Waals surface area contributed by atoms with Gasteiger partial charge >= 0.3 is 0 Å². The van der Waals surface area contributed by atoms with E-state index in [1.54, 1.807) is 36.4 Å². The highest BCUT2D eigenvalue weighted by Crippen LogP contribution is 2.21. The molecule has 104 valence electrons. The van der Waals surface area contributed by atoms with Gasteiger partial charge in [0.1, 0.15) is 24.0 Å². The van der Waals surface area contributed by atoms with Crippen LogP contribution in [-0.4, -0.2) is 11.7 Å². The zero-order valence-corrected chi connectivity index (χ0v) is 11.5. The van der Waals surface area contributed by atoms with E-state index in [-0.39, 0.29) is 18.3 Å². The van der Waals surface area contributed by atoms with Crippen LogP contribution in [0.25, 0.3) is 0 Å². The SMILES string of the molecule is NC(CCl)=Nc1cccc(OCc2cccc(F)c2)c1. The van der Waals surface area contributed by atoms with Crippen LogP contribution in [0.15, 0.2) is 53.5 Å². The van der Waals surface area contributed by atoms with E-state index in [0.717, 1.165) is 5.56 Å². The lowest BCUT2D eigenvalue weighted by molar-refractivity contribution is 0.305. The standard InChI is InChI=1S/C15H14ClFN2O/c16-9-15(18)19-13-5-2-6-14(8-13)20-10-11-3-1-4-12(17)7-11/h1-8H,9-10H2,(H2,18,19). The fourth-order valence-electron chi connectivity index (χ4n) is 1.63. The van der Waals surface area contributed by atoms with Gasteiger partial charge in [-0.25, -0.2) is 9.38 Å². The lowest BCUT2D eigenvalue weighted by Crippen LogP contribution is -2.12. The zero-order valence-electron chi connectivity index (χ0n) is 10.7. The molecular weight excluding hydrogens is 279 g/mol. The number of hydrogen-bond donors (Lipinski definition) is 1. The molecule has 0 heterocycles. The molecule has 2 aromatic rings. The van der Waals surface area contributed by atoms with Crippen molar-refractivity contribution in [3.8, 4) is 5.75 Å². The third-order valence-electron chi connectivity index (χ3n) is 2.52. The summed E-state index contributed by atoms with van der Waals surface area (Å²) < 4.78 is 18.6. The first-order valence-electron chi connectivity index (χ1n) is 6.03. The van der Waals surface area contributed by atoms with Crippen LogP contribution in [0.3, 0.4) is 0 Å². The molecule has 2 aromatic carbocycles. The predicted octanol–water partition coefficient (Wildman–Crippen LogP) is 3.63. The summed E-state index contributed by atoms with van der Waals surface area (Å²) in [5, 5.41) is 0. The van der Waals surface area contributed by atoms with Crippen molar-refractivity contribution in [2.75, 3.05) is 5.88 Å². The van der Waals surface area contributed by atoms with Crippen molar-refractivity contribution in [1.82, 2.24) is 0 Å². The minimum atomic E-state index is -0.278. The summed E-state index contributed by atoms with van der Waals surface area (Å²) in [6.07, 6.45) is 0. The van der Waals surface area contributed by atoms with Crippen molar-refractivity contribution in [1.29, 1.82) is 0 Å². The molecule has 0 spiro atoms. The van der Waals surface area contributed by atoms with Crippen LogP contribution in [0, 0.1) is 5.82 Å². The summed E-state index contributed by atoms with van der Waals surface area (Å²) in [5.74, 6) is 0.875. The maximum atomic E-state index is 13.0. The molecule has 2 rings (SSSR count). The van der Waals surface area contributed by atoms with Gasteiger partial charge in [-0.2, -0.15) is 0 Å². The second-order valence-electron chi connectivity index (χ2n) is 4.15. The van der Waals surface area contributed by atoms with Crippen LogP contribution in [0.2, 0.25) is 0 Å². The van der Waals surface area contributed by atoms with Gasteiger partial charge in [0, 0.05) is 6.07 Å². The summed E-state index contributed by atoms with van der Waals surface area (Å²) in [7, 11) is 0. The summed E-state index contributed by atoms with van der Waals surface area (Å²) >= 11 is 5.58. The smallest absolute Gasteiger partial charge is 0.123 e. The van der Waals surface area contributed by atoms with Gasteiger partial charge in [0.15, 0.2) is 0 Å². The number of hydrogen-bond acceptors (Lipinski definition) is 2. The molecule has 5 heteroatoms. The van der Waals surface area contributed by atoms with Gasteiger partial charge in [0.2, 0.25) is 0 Å². The van der Waals surface area contributed by atoms with E-state index in [0.29, 0.717) is 17.3 Å². The minimum Gasteiger partial charge on any atom is -0.489 e. The number of aliphatic imine (C=N–C) groups is 1. The van der Waals surface area contributed by atoms with Crippen molar-refractivity contribution in [3.63, 3.8) is 0 Å². The van der Waals surface area contributed by atoms with E-state index in [4.69, 9.17) is 22.1 Å². The number of halogens is 2. The van der Waals surface area contributed by atoms with E-state index in [1.807, 2.05) is 0 Å². The molecule has 0 saturated heterocycles. The molecule has 0 aliphatic heterocycles. The highest BCUT2D eigenvalue weighted by Gasteiger charge is 1.99. The molecule has 0 aromatic heterocycles. The Morgan fingerprint density at radius 1 is 1.20 bits per heavy atom. The van der Waals surface area contributed by atoms with Gasteiger partial charge in [-0.1, -0.05) is 18.2 Å². The maximum Gasteiger partial charge on any atom is 0.123 e. The average Bonchev–Trinajstić information content (AvgIpc) is 2.45. The third kappa shape index (κ3) is 4.24. The topological polar surface area (TPSA) is 47.6 Å². The Kier molecular flexibility index (Phi) is 4.96. The van der Waals surface area contributed by atoms with Crippen LogP contribution in [0.1, 0.15) is 5.56 Å². The highest BCUT2D eigenvalue weighted by atomic mass is 35.5. The summed E-state index contributed by atoms with van der Waals surface area (Å²) in [5.41, 5.74) is 7.00. The molecular formula is C15H14ClFN2O. The van der Waals surface area contributed by atoms with Gasteiger partial charge in [0.05, 0.1) is 11.6 Å². The first-order chi connectivity index (χ1) is 9.67. The number of amidine groups is 1. The second kappa shape index (κ2) is 6.91. The largest absolute Gasteiger partial charge is 0.489 e. The Balaban J connectivity index is 2.05. The number of alkyl halides is 1. The van der Waals surface area contributed by atoms with E-state index in [1.165, 1.54) is 12.1 Å². The molecule has 20 heavy (non-hydrogen) atoms. The van der Waals surface area contributed by atoms with Crippen LogP contribution < -0.4 is 10.5 Å². The maximum absolute atomic E-state index is 13.0. The van der Waals surface area contributed by atoms with Crippen molar-refractivity contribution in [2.24, 2.45) is 10.7 Å². The van der Waals surface area contributed by atoms with E-state index >= 15 is 0 Å². The van der Waals surface area contributed by atoms with Gasteiger partial charge < -0.3 is 10.5 Å². The molecule has 0 saturated carbocycles. The van der Waals surface area contributed by atoms with E-state index in [9.17, 15) is 4.39 Å². The van der Waals surface area contributed by atoms with E-state index < -0.39 is 0 Å². The Morgan fingerprint density at radius 2 is 2.00 bits per heavy atom. The Morgan fingerprint density at radius 3 is 2.75 bits per heavy atom. The van der Waals surface area contributed by atoms with Crippen LogP contribution in [-0.2, 0) is 6.61 Å². The average molecular weight is 293 g/mol. The first-order valence-corrected chi connectivity index (χ1v) is 6.57. The summed E-state index contributed by atoms with van der Waals surface area (Å²) in [6, 6.07) is 13.4. The number of nitrogens with zero attached hydrogens (tertiary/aromatic N) is 1. The normalized spacial score (nSPS) is 11.4. The Labute approximate surface area is 121 Å². The molecule has 0 atom stereocenters. The molecule has 0 aliphatic rings. The molecule has 0 aliphatic carbocycles. The third-order valence-corrected chi connectivity index (χ3v) is 2.80. The quantitative estimate of drug-likeness (QED) is 0.520. The number of nitrogens with two attached hydrogens (primary N) is 1. The van der Waals surface area contributed by atoms with Gasteiger partial charge in [-0.05, 0) is 29.8 Å². The number of rotatable bonds is 5. The van der Waals surface area contributed by atoms with Crippen molar-refractivity contribution in [3.05, 3.63) is 59.9 Å². The van der Waals surface area contributed by atoms with Gasteiger partial charge in [0.25, 0.3) is 0 Å². The Hall–Kier alpha value is -2.07. The van der Waals surface area contributed by atoms with Crippen LogP contribution in [0.5, 0.6) is 5.75 Å². The number of benzene rings is 2. The minimum absolute atomic E-state index is 0.175. The monoisotopic (exact) mass is 292 g/mol. The predicted molar refractivity (Wildman–Crippen MR) is 79.2 cm³/mol. The van der Waals surface area contributed by atoms with Crippen molar-refractivity contribution < 1.29 is 9.13 Å². The second-order valence-corrected chi connectivity index (χ2v) is 4.42. The first kappa shape index (κ1) is 14.3.